The van der Waals surface area contributed by atoms with Crippen LogP contribution in [0, 0.1) is 17.7 Å². The minimum Gasteiger partial charge on any atom is -0.342 e. The molecular weight excluding hydrogens is 493 g/mol. The van der Waals surface area contributed by atoms with Crippen LogP contribution in [0.15, 0.2) is 59.9 Å². The predicted molar refractivity (Wildman–Crippen MR) is 144 cm³/mol. The standard InChI is InChI=1S/C31H30FN5O2/c32-27-13-23(20-1-3-21(4-2-20)24-14-33-37(18-24)25-8-9-25)7-10-26(27)28-34-31(11-12-31)30(39)36(28)17-19-15-35(16-19)29(38)22-5-6-22/h1-4,7,10,13-14,18-19,22,25H,5-6,8-9,11-12,15-17H2. The Labute approximate surface area is 226 Å². The highest BCUT2D eigenvalue weighted by atomic mass is 19.1. The van der Waals surface area contributed by atoms with Crippen LogP contribution < -0.4 is 0 Å². The molecule has 3 saturated carbocycles. The lowest BCUT2D eigenvalue weighted by molar-refractivity contribution is -0.139. The molecule has 3 aliphatic carbocycles. The van der Waals surface area contributed by atoms with E-state index < -0.39 is 5.54 Å². The number of aliphatic imine (C=N–C) groups is 1. The van der Waals surface area contributed by atoms with Gasteiger partial charge in [-0.2, -0.15) is 5.10 Å². The Bertz CT molecular complexity index is 1520. The van der Waals surface area contributed by atoms with Crippen molar-refractivity contribution in [2.45, 2.75) is 50.1 Å². The van der Waals surface area contributed by atoms with Crippen LogP contribution in [-0.2, 0) is 9.59 Å². The number of carbonyl (C=O) groups excluding carboxylic acids is 2. The number of nitrogens with zero attached hydrogens (tertiary/aromatic N) is 5. The van der Waals surface area contributed by atoms with E-state index in [1.54, 1.807) is 11.0 Å². The Morgan fingerprint density at radius 2 is 1.64 bits per heavy atom. The largest absolute Gasteiger partial charge is 0.342 e. The third-order valence-electron chi connectivity index (χ3n) is 8.86. The molecule has 2 amide bonds. The maximum Gasteiger partial charge on any atom is 0.256 e. The summed E-state index contributed by atoms with van der Waals surface area (Å²) >= 11 is 0. The molecule has 1 spiro atoms. The normalized spacial score (nSPS) is 21.9. The van der Waals surface area contributed by atoms with Gasteiger partial charge in [-0.15, -0.1) is 0 Å². The molecule has 5 aliphatic rings. The fourth-order valence-electron chi connectivity index (χ4n) is 5.95. The van der Waals surface area contributed by atoms with E-state index in [0.29, 0.717) is 49.9 Å². The zero-order chi connectivity index (χ0) is 26.3. The van der Waals surface area contributed by atoms with E-state index in [9.17, 15) is 9.59 Å². The molecule has 0 N–H and O–H groups in total. The maximum absolute atomic E-state index is 15.6. The van der Waals surface area contributed by atoms with Crippen LogP contribution in [0.1, 0.15) is 50.1 Å². The summed E-state index contributed by atoms with van der Waals surface area (Å²) in [7, 11) is 0. The first kappa shape index (κ1) is 23.1. The highest BCUT2D eigenvalue weighted by molar-refractivity contribution is 6.16. The number of rotatable bonds is 7. The Morgan fingerprint density at radius 3 is 2.28 bits per heavy atom. The molecule has 0 bridgehead atoms. The van der Waals surface area contributed by atoms with Gasteiger partial charge in [0.1, 0.15) is 17.2 Å². The van der Waals surface area contributed by atoms with Crippen molar-refractivity contribution in [1.82, 2.24) is 19.6 Å². The van der Waals surface area contributed by atoms with Crippen molar-refractivity contribution in [3.8, 4) is 22.3 Å². The molecule has 8 heteroatoms. The molecular formula is C31H30FN5O2. The molecule has 3 heterocycles. The summed E-state index contributed by atoms with van der Waals surface area (Å²) in [4.78, 5) is 33.9. The van der Waals surface area contributed by atoms with Gasteiger partial charge in [-0.25, -0.2) is 4.39 Å². The van der Waals surface area contributed by atoms with Gasteiger partial charge in [-0.3, -0.25) is 24.2 Å². The molecule has 39 heavy (non-hydrogen) atoms. The lowest BCUT2D eigenvalue weighted by Gasteiger charge is -2.41. The summed E-state index contributed by atoms with van der Waals surface area (Å²) in [5, 5.41) is 4.48. The zero-order valence-corrected chi connectivity index (χ0v) is 21.7. The van der Waals surface area contributed by atoms with Gasteiger partial charge in [0.2, 0.25) is 5.91 Å². The molecule has 1 saturated heterocycles. The van der Waals surface area contributed by atoms with Gasteiger partial charge >= 0.3 is 0 Å². The van der Waals surface area contributed by atoms with Gasteiger partial charge < -0.3 is 4.90 Å². The summed E-state index contributed by atoms with van der Waals surface area (Å²) in [5.74, 6) is 0.699. The molecule has 2 aliphatic heterocycles. The number of hydrogen-bond donors (Lipinski definition) is 0. The summed E-state index contributed by atoms with van der Waals surface area (Å²) < 4.78 is 17.6. The Morgan fingerprint density at radius 1 is 0.949 bits per heavy atom. The van der Waals surface area contributed by atoms with Crippen molar-refractivity contribution >= 4 is 17.6 Å². The van der Waals surface area contributed by atoms with Crippen LogP contribution in [0.5, 0.6) is 0 Å². The predicted octanol–water partition coefficient (Wildman–Crippen LogP) is 4.68. The minimum absolute atomic E-state index is 0.0199. The van der Waals surface area contributed by atoms with Crippen molar-refractivity contribution in [3.63, 3.8) is 0 Å². The molecule has 0 atom stereocenters. The molecule has 4 fully saturated rings. The molecule has 2 aromatic carbocycles. The van der Waals surface area contributed by atoms with E-state index in [2.05, 4.69) is 11.3 Å². The molecule has 3 aromatic rings. The number of hydrogen-bond acceptors (Lipinski definition) is 4. The zero-order valence-electron chi connectivity index (χ0n) is 21.7. The molecule has 7 nitrogen and oxygen atoms in total. The first-order valence-corrected chi connectivity index (χ1v) is 14.1. The monoisotopic (exact) mass is 523 g/mol. The van der Waals surface area contributed by atoms with E-state index in [4.69, 9.17) is 4.99 Å². The van der Waals surface area contributed by atoms with E-state index in [1.165, 1.54) is 18.9 Å². The number of amides is 2. The lowest BCUT2D eigenvalue weighted by atomic mass is 9.97. The van der Waals surface area contributed by atoms with Gasteiger partial charge in [0.05, 0.1) is 17.8 Å². The van der Waals surface area contributed by atoms with Crippen LogP contribution in [0.3, 0.4) is 0 Å². The second-order valence-electron chi connectivity index (χ2n) is 12.0. The van der Waals surface area contributed by atoms with Gasteiger partial charge in [0.15, 0.2) is 0 Å². The number of likely N-dealkylation sites (tertiary alicyclic amines) is 1. The van der Waals surface area contributed by atoms with E-state index in [1.807, 2.05) is 46.1 Å². The van der Waals surface area contributed by atoms with Gasteiger partial charge in [-0.1, -0.05) is 30.3 Å². The first-order valence-electron chi connectivity index (χ1n) is 14.1. The fraction of sp³-hybridized carbons (Fsp3) is 0.419. The average Bonchev–Trinajstić information content (AvgIpc) is 3.81. The first-order chi connectivity index (χ1) is 19.0. The van der Waals surface area contributed by atoms with Crippen LogP contribution in [0.4, 0.5) is 4.39 Å². The van der Waals surface area contributed by atoms with Crippen molar-refractivity contribution in [1.29, 1.82) is 0 Å². The van der Waals surface area contributed by atoms with Gasteiger partial charge in [-0.05, 0) is 67.3 Å². The van der Waals surface area contributed by atoms with Crippen LogP contribution in [-0.4, -0.2) is 62.4 Å². The van der Waals surface area contributed by atoms with Crippen LogP contribution in [0.25, 0.3) is 22.3 Å². The maximum atomic E-state index is 15.6. The SMILES string of the molecule is O=C(C1CC1)N1CC(CN2C(=O)C3(CC3)N=C2c2ccc(-c3ccc(-c4cnn(C5CC5)c4)cc3)cc2F)C1. The smallest absolute Gasteiger partial charge is 0.256 e. The Hall–Kier alpha value is -3.81. The molecule has 1 aromatic heterocycles. The lowest BCUT2D eigenvalue weighted by Crippen LogP contribution is -2.55. The number of carbonyl (C=O) groups is 2. The quantitative estimate of drug-likeness (QED) is 0.452. The number of amidine groups is 1. The molecule has 0 unspecified atom stereocenters. The summed E-state index contributed by atoms with van der Waals surface area (Å²) in [5.41, 5.74) is 3.54. The van der Waals surface area contributed by atoms with Crippen LogP contribution >= 0.6 is 0 Å². The topological polar surface area (TPSA) is 70.8 Å². The second-order valence-corrected chi connectivity index (χ2v) is 12.0. The van der Waals surface area contributed by atoms with E-state index in [0.717, 1.165) is 35.1 Å². The molecule has 0 radical (unpaired) electrons. The van der Waals surface area contributed by atoms with E-state index >= 15 is 4.39 Å². The average molecular weight is 524 g/mol. The summed E-state index contributed by atoms with van der Waals surface area (Å²) in [6.45, 7) is 1.81. The van der Waals surface area contributed by atoms with Crippen molar-refractivity contribution < 1.29 is 14.0 Å². The third kappa shape index (κ3) is 3.99. The van der Waals surface area contributed by atoms with Gasteiger partial charge in [0.25, 0.3) is 5.91 Å². The molecule has 198 valence electrons. The summed E-state index contributed by atoms with van der Waals surface area (Å²) in [6, 6.07) is 13.8. The number of benzene rings is 2. The Balaban J connectivity index is 1.00. The highest BCUT2D eigenvalue weighted by Crippen LogP contribution is 2.46. The number of halogens is 1. The van der Waals surface area contributed by atoms with Crippen molar-refractivity contribution in [2.24, 2.45) is 16.8 Å². The third-order valence-corrected chi connectivity index (χ3v) is 8.86. The Kier molecular flexibility index (Phi) is 4.94. The second kappa shape index (κ2) is 8.34. The summed E-state index contributed by atoms with van der Waals surface area (Å²) in [6.07, 6.45) is 9.81. The minimum atomic E-state index is -0.698. The molecule has 8 rings (SSSR count). The fourth-order valence-corrected chi connectivity index (χ4v) is 5.95. The highest BCUT2D eigenvalue weighted by Gasteiger charge is 2.58. The van der Waals surface area contributed by atoms with E-state index in [-0.39, 0.29) is 29.5 Å². The van der Waals surface area contributed by atoms with Crippen LogP contribution in [0.2, 0.25) is 0 Å². The van der Waals surface area contributed by atoms with Crippen molar-refractivity contribution in [3.05, 3.63) is 66.2 Å². The number of aromatic nitrogens is 2. The van der Waals surface area contributed by atoms with Gasteiger partial charge in [0, 0.05) is 43.2 Å². The van der Waals surface area contributed by atoms with Crippen molar-refractivity contribution in [2.75, 3.05) is 19.6 Å².